The third-order valence-corrected chi connectivity index (χ3v) is 4.53. The Kier molecular flexibility index (Phi) is 4.58. The van der Waals surface area contributed by atoms with Crippen molar-refractivity contribution in [1.29, 1.82) is 0 Å². The van der Waals surface area contributed by atoms with Crippen molar-refractivity contribution in [2.24, 2.45) is 0 Å². The Morgan fingerprint density at radius 1 is 1.43 bits per heavy atom. The van der Waals surface area contributed by atoms with Gasteiger partial charge in [-0.2, -0.15) is 0 Å². The summed E-state index contributed by atoms with van der Waals surface area (Å²) in [5.74, 6) is 0.547. The van der Waals surface area contributed by atoms with Crippen molar-refractivity contribution in [3.8, 4) is 0 Å². The van der Waals surface area contributed by atoms with Crippen molar-refractivity contribution in [3.63, 3.8) is 0 Å². The topological polar surface area (TPSA) is 74.8 Å². The van der Waals surface area contributed by atoms with E-state index < -0.39 is 0 Å². The number of nitrogens with one attached hydrogen (secondary N) is 1. The smallest absolute Gasteiger partial charge is 0.242 e. The highest BCUT2D eigenvalue weighted by atomic mass is 16.5. The molecule has 124 valence electrons. The molecule has 0 bridgehead atoms. The Morgan fingerprint density at radius 3 is 2.83 bits per heavy atom. The molecule has 7 heteroatoms. The number of likely N-dealkylation sites (N-methyl/N-ethyl adjacent to an activating group) is 1. The Labute approximate surface area is 135 Å². The largest absolute Gasteiger partial charge is 0.380 e. The lowest BCUT2D eigenvalue weighted by atomic mass is 10.2. The van der Waals surface area contributed by atoms with E-state index in [1.165, 1.54) is 0 Å². The van der Waals surface area contributed by atoms with Crippen LogP contribution in [0.5, 0.6) is 0 Å². The number of carbonyl (C=O) groups excluding carboxylic acids is 2. The zero-order valence-electron chi connectivity index (χ0n) is 13.5. The Morgan fingerprint density at radius 2 is 2.26 bits per heavy atom. The molecule has 1 aromatic heterocycles. The number of likely N-dealkylation sites (tertiary alicyclic amines) is 1. The van der Waals surface area contributed by atoms with Crippen LogP contribution in [-0.2, 0) is 14.3 Å². The molecule has 0 unspecified atom stereocenters. The van der Waals surface area contributed by atoms with Gasteiger partial charge in [0, 0.05) is 26.6 Å². The minimum Gasteiger partial charge on any atom is -0.380 e. The Hall–Kier alpha value is -1.99. The summed E-state index contributed by atoms with van der Waals surface area (Å²) in [6.07, 6.45) is 3.88. The number of rotatable bonds is 4. The van der Waals surface area contributed by atoms with Gasteiger partial charge >= 0.3 is 0 Å². The highest BCUT2D eigenvalue weighted by Gasteiger charge is 2.34. The molecule has 0 aromatic carbocycles. The zero-order valence-corrected chi connectivity index (χ0v) is 13.5. The molecule has 3 rings (SSSR count). The van der Waals surface area contributed by atoms with Gasteiger partial charge in [0.15, 0.2) is 0 Å². The first-order chi connectivity index (χ1) is 11.1. The molecule has 23 heavy (non-hydrogen) atoms. The standard InChI is InChI=1S/C16H22N4O3/c1-19-10-12(23-2)8-13(19)16(22)18-14-6-5-11(9-17-14)20-7-3-4-15(20)21/h5-6,9,12-13H,3-4,7-8,10H2,1-2H3,(H,17,18,22)/t12-,13-/m0/s1. The lowest BCUT2D eigenvalue weighted by molar-refractivity contribution is -0.120. The van der Waals surface area contributed by atoms with Crippen LogP contribution >= 0.6 is 0 Å². The second-order valence-electron chi connectivity index (χ2n) is 6.09. The summed E-state index contributed by atoms with van der Waals surface area (Å²) in [5.41, 5.74) is 0.780. The second kappa shape index (κ2) is 6.64. The van der Waals surface area contributed by atoms with Crippen LogP contribution in [0.3, 0.4) is 0 Å². The van der Waals surface area contributed by atoms with Crippen molar-refractivity contribution >= 4 is 23.3 Å². The van der Waals surface area contributed by atoms with E-state index in [4.69, 9.17) is 4.74 Å². The van der Waals surface area contributed by atoms with Crippen molar-refractivity contribution in [1.82, 2.24) is 9.88 Å². The maximum Gasteiger partial charge on any atom is 0.242 e. The molecule has 1 N–H and O–H groups in total. The molecule has 1 aromatic rings. The van der Waals surface area contributed by atoms with Crippen LogP contribution in [-0.4, -0.2) is 61.1 Å². The zero-order chi connectivity index (χ0) is 16.4. The minimum atomic E-state index is -0.207. The molecule has 7 nitrogen and oxygen atoms in total. The normalized spacial score (nSPS) is 25.1. The first-order valence-corrected chi connectivity index (χ1v) is 7.89. The van der Waals surface area contributed by atoms with E-state index in [2.05, 4.69) is 10.3 Å². The van der Waals surface area contributed by atoms with Crippen LogP contribution < -0.4 is 10.2 Å². The number of pyridine rings is 1. The summed E-state index contributed by atoms with van der Waals surface area (Å²) in [7, 11) is 3.58. The van der Waals surface area contributed by atoms with E-state index in [-0.39, 0.29) is 24.0 Å². The van der Waals surface area contributed by atoms with E-state index >= 15 is 0 Å². The van der Waals surface area contributed by atoms with Gasteiger partial charge < -0.3 is 15.0 Å². The summed E-state index contributed by atoms with van der Waals surface area (Å²) in [6, 6.07) is 3.35. The minimum absolute atomic E-state index is 0.0791. The van der Waals surface area contributed by atoms with Crippen LogP contribution in [0.2, 0.25) is 0 Å². The lowest BCUT2D eigenvalue weighted by Gasteiger charge is -2.18. The highest BCUT2D eigenvalue weighted by molar-refractivity contribution is 5.96. The monoisotopic (exact) mass is 318 g/mol. The molecule has 2 saturated heterocycles. The Bertz CT molecular complexity index is 589. The molecule has 2 aliphatic heterocycles. The van der Waals surface area contributed by atoms with Gasteiger partial charge in [-0.25, -0.2) is 4.98 Å². The number of methoxy groups -OCH3 is 1. The van der Waals surface area contributed by atoms with Gasteiger partial charge in [0.05, 0.1) is 24.0 Å². The SMILES string of the molecule is CO[C@H]1C[C@@H](C(=O)Nc2ccc(N3CCCC3=O)cn2)N(C)C1. The molecule has 0 aliphatic carbocycles. The summed E-state index contributed by atoms with van der Waals surface area (Å²) < 4.78 is 5.32. The number of hydrogen-bond acceptors (Lipinski definition) is 5. The van der Waals surface area contributed by atoms with E-state index in [0.717, 1.165) is 25.2 Å². The molecule has 0 spiro atoms. The van der Waals surface area contributed by atoms with E-state index in [9.17, 15) is 9.59 Å². The maximum absolute atomic E-state index is 12.4. The van der Waals surface area contributed by atoms with Crippen molar-refractivity contribution < 1.29 is 14.3 Å². The summed E-state index contributed by atoms with van der Waals surface area (Å²) in [5, 5.41) is 2.84. The van der Waals surface area contributed by atoms with Gasteiger partial charge in [0.1, 0.15) is 5.82 Å². The van der Waals surface area contributed by atoms with E-state index in [1.54, 1.807) is 24.3 Å². The number of aromatic nitrogens is 1. The van der Waals surface area contributed by atoms with Gasteiger partial charge in [-0.3, -0.25) is 14.5 Å². The van der Waals surface area contributed by atoms with E-state index in [1.807, 2.05) is 18.0 Å². The quantitative estimate of drug-likeness (QED) is 0.891. The van der Waals surface area contributed by atoms with Crippen LogP contribution in [0.4, 0.5) is 11.5 Å². The van der Waals surface area contributed by atoms with Crippen molar-refractivity contribution in [3.05, 3.63) is 18.3 Å². The fourth-order valence-corrected chi connectivity index (χ4v) is 3.18. The third kappa shape index (κ3) is 3.35. The lowest BCUT2D eigenvalue weighted by Crippen LogP contribution is -2.37. The van der Waals surface area contributed by atoms with E-state index in [0.29, 0.717) is 18.7 Å². The number of hydrogen-bond donors (Lipinski definition) is 1. The molecule has 3 heterocycles. The maximum atomic E-state index is 12.4. The van der Waals surface area contributed by atoms with Gasteiger partial charge in [-0.15, -0.1) is 0 Å². The third-order valence-electron chi connectivity index (χ3n) is 4.53. The van der Waals surface area contributed by atoms with Crippen LogP contribution in [0.25, 0.3) is 0 Å². The molecule has 0 saturated carbocycles. The fraction of sp³-hybridized carbons (Fsp3) is 0.562. The second-order valence-corrected chi connectivity index (χ2v) is 6.09. The Balaban J connectivity index is 1.62. The van der Waals surface area contributed by atoms with Gasteiger partial charge in [0.25, 0.3) is 0 Å². The number of amides is 2. The van der Waals surface area contributed by atoms with Crippen molar-refractivity contribution in [2.45, 2.75) is 31.4 Å². The molecular weight excluding hydrogens is 296 g/mol. The van der Waals surface area contributed by atoms with Crippen LogP contribution in [0, 0.1) is 0 Å². The average molecular weight is 318 g/mol. The number of nitrogens with zero attached hydrogens (tertiary/aromatic N) is 3. The molecule has 2 fully saturated rings. The molecule has 2 amide bonds. The molecule has 2 aliphatic rings. The molecule has 2 atom stereocenters. The van der Waals surface area contributed by atoms with Gasteiger partial charge in [0.2, 0.25) is 11.8 Å². The fourth-order valence-electron chi connectivity index (χ4n) is 3.18. The van der Waals surface area contributed by atoms with Gasteiger partial charge in [-0.1, -0.05) is 0 Å². The predicted octanol–water partition coefficient (Wildman–Crippen LogP) is 0.866. The number of ether oxygens (including phenoxy) is 1. The summed E-state index contributed by atoms with van der Waals surface area (Å²) >= 11 is 0. The summed E-state index contributed by atoms with van der Waals surface area (Å²) in [6.45, 7) is 1.48. The van der Waals surface area contributed by atoms with Crippen LogP contribution in [0.1, 0.15) is 19.3 Å². The number of anilines is 2. The van der Waals surface area contributed by atoms with Gasteiger partial charge in [-0.05, 0) is 32.0 Å². The molecular formula is C16H22N4O3. The van der Waals surface area contributed by atoms with Crippen LogP contribution in [0.15, 0.2) is 18.3 Å². The summed E-state index contributed by atoms with van der Waals surface area (Å²) in [4.78, 5) is 32.1. The molecule has 0 radical (unpaired) electrons. The number of carbonyl (C=O) groups is 2. The highest BCUT2D eigenvalue weighted by Crippen LogP contribution is 2.22. The first-order valence-electron chi connectivity index (χ1n) is 7.89. The van der Waals surface area contributed by atoms with Crippen molar-refractivity contribution in [2.75, 3.05) is 37.5 Å². The predicted molar refractivity (Wildman–Crippen MR) is 86.3 cm³/mol. The first kappa shape index (κ1) is 15.9. The average Bonchev–Trinajstić information content (AvgIpc) is 3.14.